The van der Waals surface area contributed by atoms with Crippen molar-refractivity contribution < 1.29 is 9.59 Å². The Bertz CT molecular complexity index is 1090. The van der Waals surface area contributed by atoms with Crippen LogP contribution >= 0.6 is 0 Å². The molecule has 1 unspecified atom stereocenters. The monoisotopic (exact) mass is 425 g/mol. The third kappa shape index (κ3) is 6.51. The van der Waals surface area contributed by atoms with Crippen molar-refractivity contribution in [3.05, 3.63) is 108 Å². The van der Waals surface area contributed by atoms with Crippen molar-refractivity contribution in [2.45, 2.75) is 26.2 Å². The van der Waals surface area contributed by atoms with E-state index in [2.05, 4.69) is 15.8 Å². The Morgan fingerprint density at radius 3 is 2.16 bits per heavy atom. The summed E-state index contributed by atoms with van der Waals surface area (Å²) in [7, 11) is 0. The van der Waals surface area contributed by atoms with Crippen LogP contribution in [0.5, 0.6) is 0 Å². The summed E-state index contributed by atoms with van der Waals surface area (Å²) in [6.45, 7) is 3.82. The highest BCUT2D eigenvalue weighted by Crippen LogP contribution is 2.19. The molecule has 0 aliphatic heterocycles. The Balaban J connectivity index is 1.57. The summed E-state index contributed by atoms with van der Waals surface area (Å²) >= 11 is 0. The highest BCUT2D eigenvalue weighted by atomic mass is 16.2. The fraction of sp³-hybridized carbons (Fsp3) is 0.148. The maximum absolute atomic E-state index is 12.6. The molecule has 5 nitrogen and oxygen atoms in total. The zero-order valence-electron chi connectivity index (χ0n) is 18.3. The molecule has 0 heterocycles. The molecule has 0 bridgehead atoms. The van der Waals surface area contributed by atoms with Crippen LogP contribution < -0.4 is 10.7 Å². The number of amides is 2. The number of nitrogens with one attached hydrogen (secondary N) is 2. The molecule has 0 aromatic heterocycles. The van der Waals surface area contributed by atoms with E-state index in [1.165, 1.54) is 6.08 Å². The maximum atomic E-state index is 12.6. The number of nitrogens with zero attached hydrogens (tertiary/aromatic N) is 1. The lowest BCUT2D eigenvalue weighted by Crippen LogP contribution is -2.26. The minimum atomic E-state index is -0.241. The Morgan fingerprint density at radius 2 is 1.53 bits per heavy atom. The summed E-state index contributed by atoms with van der Waals surface area (Å²) in [6, 6.07) is 26.7. The summed E-state index contributed by atoms with van der Waals surface area (Å²) < 4.78 is 0. The lowest BCUT2D eigenvalue weighted by atomic mass is 9.96. The molecule has 3 aromatic rings. The predicted molar refractivity (Wildman–Crippen MR) is 130 cm³/mol. The number of hydrogen-bond acceptors (Lipinski definition) is 3. The van der Waals surface area contributed by atoms with E-state index in [9.17, 15) is 9.59 Å². The van der Waals surface area contributed by atoms with E-state index in [4.69, 9.17) is 0 Å². The minimum Gasteiger partial charge on any atom is -0.323 e. The summed E-state index contributed by atoms with van der Waals surface area (Å²) in [5.74, 6) is -0.577. The standard InChI is InChI=1S/C27H27N3O2/c1-3-25(23-12-8-5-9-13-23)27(32)30-29-20(2)22-15-17-24(18-16-22)28-26(31)19-14-21-10-6-4-7-11-21/h4-19,25H,3H2,1-2H3,(H,28,31)(H,30,32). The molecule has 2 N–H and O–H groups in total. The van der Waals surface area contributed by atoms with E-state index < -0.39 is 0 Å². The van der Waals surface area contributed by atoms with Gasteiger partial charge in [0.25, 0.3) is 0 Å². The molecule has 2 amide bonds. The molecule has 0 spiro atoms. The molecular weight excluding hydrogens is 398 g/mol. The first kappa shape index (κ1) is 22.7. The number of carbonyl (C=O) groups excluding carboxylic acids is 2. The molecule has 162 valence electrons. The van der Waals surface area contributed by atoms with Gasteiger partial charge in [-0.2, -0.15) is 5.10 Å². The summed E-state index contributed by atoms with van der Waals surface area (Å²) in [5.41, 5.74) is 6.84. The van der Waals surface area contributed by atoms with E-state index in [0.717, 1.165) is 16.7 Å². The number of hydrogen-bond donors (Lipinski definition) is 2. The predicted octanol–water partition coefficient (Wildman–Crippen LogP) is 5.37. The van der Waals surface area contributed by atoms with Crippen LogP contribution in [0.15, 0.2) is 96.1 Å². The molecule has 0 radical (unpaired) electrons. The molecular formula is C27H27N3O2. The van der Waals surface area contributed by atoms with Crippen molar-refractivity contribution >= 4 is 29.3 Å². The summed E-state index contributed by atoms with van der Waals surface area (Å²) in [5, 5.41) is 7.09. The van der Waals surface area contributed by atoms with Crippen molar-refractivity contribution in [2.24, 2.45) is 5.10 Å². The first-order valence-corrected chi connectivity index (χ1v) is 10.6. The van der Waals surface area contributed by atoms with E-state index in [1.807, 2.05) is 98.8 Å². The molecule has 0 fully saturated rings. The second-order valence-corrected chi connectivity index (χ2v) is 7.36. The Labute approximate surface area is 188 Å². The topological polar surface area (TPSA) is 70.6 Å². The van der Waals surface area contributed by atoms with Gasteiger partial charge in [0.15, 0.2) is 0 Å². The Morgan fingerprint density at radius 1 is 0.906 bits per heavy atom. The van der Waals surface area contributed by atoms with Crippen LogP contribution in [0.2, 0.25) is 0 Å². The van der Waals surface area contributed by atoms with Gasteiger partial charge in [0.1, 0.15) is 0 Å². The molecule has 3 rings (SSSR count). The lowest BCUT2D eigenvalue weighted by molar-refractivity contribution is -0.122. The first-order chi connectivity index (χ1) is 15.6. The zero-order valence-corrected chi connectivity index (χ0v) is 18.3. The van der Waals surface area contributed by atoms with Crippen LogP contribution in [0.1, 0.15) is 42.9 Å². The highest BCUT2D eigenvalue weighted by molar-refractivity contribution is 6.03. The van der Waals surface area contributed by atoms with Gasteiger partial charge in [0.05, 0.1) is 11.6 Å². The molecule has 5 heteroatoms. The van der Waals surface area contributed by atoms with Crippen LogP contribution in [-0.4, -0.2) is 17.5 Å². The van der Waals surface area contributed by atoms with Crippen molar-refractivity contribution in [1.82, 2.24) is 5.43 Å². The van der Waals surface area contributed by atoms with Crippen LogP contribution in [-0.2, 0) is 9.59 Å². The number of benzene rings is 3. The molecule has 0 aliphatic rings. The second kappa shape index (κ2) is 11.4. The summed E-state index contributed by atoms with van der Waals surface area (Å²) in [4.78, 5) is 24.7. The smallest absolute Gasteiger partial charge is 0.248 e. The van der Waals surface area contributed by atoms with Crippen molar-refractivity contribution in [2.75, 3.05) is 5.32 Å². The van der Waals surface area contributed by atoms with Crippen LogP contribution in [0.3, 0.4) is 0 Å². The van der Waals surface area contributed by atoms with Gasteiger partial charge in [-0.25, -0.2) is 5.43 Å². The number of rotatable bonds is 8. The van der Waals surface area contributed by atoms with Crippen LogP contribution in [0.25, 0.3) is 6.08 Å². The van der Waals surface area contributed by atoms with E-state index >= 15 is 0 Å². The number of anilines is 1. The maximum Gasteiger partial charge on any atom is 0.248 e. The minimum absolute atomic E-state index is 0.132. The highest BCUT2D eigenvalue weighted by Gasteiger charge is 2.18. The third-order valence-electron chi connectivity index (χ3n) is 5.06. The molecule has 0 aliphatic carbocycles. The summed E-state index contributed by atoms with van der Waals surface area (Å²) in [6.07, 6.45) is 3.96. The van der Waals surface area contributed by atoms with Crippen molar-refractivity contribution in [3.63, 3.8) is 0 Å². The van der Waals surface area contributed by atoms with Gasteiger partial charge >= 0.3 is 0 Å². The average Bonchev–Trinajstić information content (AvgIpc) is 2.83. The molecule has 1 atom stereocenters. The Hall–Kier alpha value is -3.99. The number of carbonyl (C=O) groups is 2. The molecule has 3 aromatic carbocycles. The van der Waals surface area contributed by atoms with Crippen molar-refractivity contribution in [1.29, 1.82) is 0 Å². The van der Waals surface area contributed by atoms with E-state index in [0.29, 0.717) is 17.8 Å². The largest absolute Gasteiger partial charge is 0.323 e. The molecule has 0 saturated heterocycles. The first-order valence-electron chi connectivity index (χ1n) is 10.6. The fourth-order valence-electron chi connectivity index (χ4n) is 3.25. The van der Waals surface area contributed by atoms with Crippen LogP contribution in [0.4, 0.5) is 5.69 Å². The quantitative estimate of drug-likeness (QED) is 0.289. The van der Waals surface area contributed by atoms with Gasteiger partial charge in [-0.05, 0) is 48.2 Å². The SMILES string of the molecule is CCC(C(=O)NN=C(C)c1ccc(NC(=O)C=Cc2ccccc2)cc1)c1ccccc1. The molecule has 0 saturated carbocycles. The van der Waals surface area contributed by atoms with Crippen LogP contribution in [0, 0.1) is 0 Å². The van der Waals surface area contributed by atoms with Gasteiger partial charge in [-0.1, -0.05) is 79.7 Å². The lowest BCUT2D eigenvalue weighted by Gasteiger charge is -2.13. The average molecular weight is 426 g/mol. The van der Waals surface area contributed by atoms with Gasteiger partial charge in [0.2, 0.25) is 11.8 Å². The normalized spacial score (nSPS) is 12.4. The van der Waals surface area contributed by atoms with E-state index in [1.54, 1.807) is 6.08 Å². The van der Waals surface area contributed by atoms with Crippen molar-refractivity contribution in [3.8, 4) is 0 Å². The molecule has 32 heavy (non-hydrogen) atoms. The van der Waals surface area contributed by atoms with Gasteiger partial charge in [0, 0.05) is 11.8 Å². The second-order valence-electron chi connectivity index (χ2n) is 7.36. The van der Waals surface area contributed by atoms with Gasteiger partial charge < -0.3 is 5.32 Å². The number of hydrazone groups is 1. The fourth-order valence-corrected chi connectivity index (χ4v) is 3.25. The van der Waals surface area contributed by atoms with Gasteiger partial charge in [-0.15, -0.1) is 0 Å². The van der Waals surface area contributed by atoms with Gasteiger partial charge in [-0.3, -0.25) is 9.59 Å². The zero-order chi connectivity index (χ0) is 22.8. The van der Waals surface area contributed by atoms with E-state index in [-0.39, 0.29) is 17.7 Å². The Kier molecular flexibility index (Phi) is 8.09. The third-order valence-corrected chi connectivity index (χ3v) is 5.06.